The molecule has 25 heavy (non-hydrogen) atoms. The fourth-order valence-electron chi connectivity index (χ4n) is 2.97. The van der Waals surface area contributed by atoms with Crippen molar-refractivity contribution in [1.82, 2.24) is 14.7 Å². The summed E-state index contributed by atoms with van der Waals surface area (Å²) in [5.74, 6) is 0. The predicted molar refractivity (Wildman–Crippen MR) is 88.6 cm³/mol. The van der Waals surface area contributed by atoms with E-state index < -0.39 is 11.9 Å². The molecule has 1 aromatic carbocycles. The molecule has 0 bridgehead atoms. The van der Waals surface area contributed by atoms with Gasteiger partial charge in [-0.1, -0.05) is 29.3 Å². The van der Waals surface area contributed by atoms with Gasteiger partial charge in [0.05, 0.1) is 29.0 Å². The second kappa shape index (κ2) is 7.15. The van der Waals surface area contributed by atoms with Crippen LogP contribution in [-0.4, -0.2) is 34.4 Å². The molecule has 1 aliphatic heterocycles. The van der Waals surface area contributed by atoms with Crippen LogP contribution in [0.2, 0.25) is 10.0 Å². The molecular formula is C16H16Cl2F3N3O. The molecule has 0 aliphatic carbocycles. The van der Waals surface area contributed by atoms with Crippen LogP contribution < -0.4 is 0 Å². The van der Waals surface area contributed by atoms with Crippen molar-refractivity contribution in [1.29, 1.82) is 0 Å². The lowest BCUT2D eigenvalue weighted by atomic mass is 10.1. The molecule has 0 N–H and O–H groups in total. The molecule has 1 aliphatic rings. The Labute approximate surface area is 153 Å². The van der Waals surface area contributed by atoms with Crippen LogP contribution >= 0.6 is 23.2 Å². The van der Waals surface area contributed by atoms with Crippen molar-refractivity contribution >= 4 is 23.2 Å². The zero-order valence-electron chi connectivity index (χ0n) is 13.4. The molecule has 2 heterocycles. The zero-order valence-corrected chi connectivity index (χ0v) is 14.9. The molecule has 1 fully saturated rings. The summed E-state index contributed by atoms with van der Waals surface area (Å²) in [5, 5.41) is 4.62. The molecule has 0 radical (unpaired) electrons. The highest BCUT2D eigenvalue weighted by molar-refractivity contribution is 6.42. The molecule has 0 amide bonds. The Morgan fingerprint density at radius 1 is 1.28 bits per heavy atom. The number of hydrogen-bond acceptors (Lipinski definition) is 3. The maximum atomic E-state index is 13.2. The molecule has 9 heteroatoms. The van der Waals surface area contributed by atoms with E-state index >= 15 is 0 Å². The van der Waals surface area contributed by atoms with Crippen LogP contribution in [0.1, 0.15) is 22.9 Å². The Balaban J connectivity index is 1.75. The lowest BCUT2D eigenvalue weighted by Gasteiger charge is -2.33. The fourth-order valence-corrected chi connectivity index (χ4v) is 3.27. The van der Waals surface area contributed by atoms with Crippen molar-refractivity contribution in [2.45, 2.75) is 18.8 Å². The van der Waals surface area contributed by atoms with E-state index in [1.54, 1.807) is 12.1 Å². The molecule has 1 unspecified atom stereocenters. The summed E-state index contributed by atoms with van der Waals surface area (Å²) in [6, 6.07) is 5.22. The molecule has 4 nitrogen and oxygen atoms in total. The molecule has 1 saturated heterocycles. The normalized spacial score (nSPS) is 19.4. The summed E-state index contributed by atoms with van der Waals surface area (Å²) >= 11 is 12.0. The number of aryl methyl sites for hydroxylation is 1. The quantitative estimate of drug-likeness (QED) is 0.777. The molecular weight excluding hydrogens is 378 g/mol. The van der Waals surface area contributed by atoms with Crippen LogP contribution in [0.4, 0.5) is 13.2 Å². The predicted octanol–water partition coefficient (Wildman–Crippen LogP) is 4.32. The number of alkyl halides is 3. The minimum atomic E-state index is -4.43. The van der Waals surface area contributed by atoms with Gasteiger partial charge in [-0.25, -0.2) is 0 Å². The molecule has 1 aromatic heterocycles. The van der Waals surface area contributed by atoms with Gasteiger partial charge in [0.1, 0.15) is 5.69 Å². The number of morpholine rings is 1. The third kappa shape index (κ3) is 4.11. The molecule has 2 aromatic rings. The third-order valence-electron chi connectivity index (χ3n) is 4.14. The van der Waals surface area contributed by atoms with E-state index in [1.807, 2.05) is 11.0 Å². The van der Waals surface area contributed by atoms with Gasteiger partial charge in [-0.3, -0.25) is 9.58 Å². The minimum absolute atomic E-state index is 0.157. The van der Waals surface area contributed by atoms with Crippen molar-refractivity contribution < 1.29 is 17.9 Å². The number of rotatable bonds is 3. The standard InChI is InChI=1S/C16H16Cl2F3N3O/c1-23-15(16(19,20)21)11(7-22-23)8-24-4-5-25-14(9-24)10-2-3-12(17)13(18)6-10/h2-3,6-7,14H,4-5,8-9H2,1H3. The van der Waals surface area contributed by atoms with Gasteiger partial charge in [-0.05, 0) is 17.7 Å². The van der Waals surface area contributed by atoms with Crippen molar-refractivity contribution in [3.8, 4) is 0 Å². The van der Waals surface area contributed by atoms with Crippen LogP contribution in [0.5, 0.6) is 0 Å². The van der Waals surface area contributed by atoms with Gasteiger partial charge in [0.25, 0.3) is 0 Å². The van der Waals surface area contributed by atoms with E-state index in [4.69, 9.17) is 27.9 Å². The maximum Gasteiger partial charge on any atom is 0.433 e. The highest BCUT2D eigenvalue weighted by Gasteiger charge is 2.38. The number of aromatic nitrogens is 2. The van der Waals surface area contributed by atoms with E-state index in [-0.39, 0.29) is 18.2 Å². The Kier molecular flexibility index (Phi) is 5.29. The Morgan fingerprint density at radius 2 is 2.04 bits per heavy atom. The first-order valence-electron chi connectivity index (χ1n) is 7.62. The summed E-state index contributed by atoms with van der Waals surface area (Å²) in [6.45, 7) is 1.59. The third-order valence-corrected chi connectivity index (χ3v) is 4.88. The van der Waals surface area contributed by atoms with Gasteiger partial charge < -0.3 is 4.74 Å². The summed E-state index contributed by atoms with van der Waals surface area (Å²) < 4.78 is 46.2. The second-order valence-corrected chi connectivity index (χ2v) is 6.72. The van der Waals surface area contributed by atoms with Crippen molar-refractivity contribution in [3.63, 3.8) is 0 Å². The first-order chi connectivity index (χ1) is 11.8. The first kappa shape index (κ1) is 18.5. The lowest BCUT2D eigenvalue weighted by Crippen LogP contribution is -2.38. The first-order valence-corrected chi connectivity index (χ1v) is 8.38. The van der Waals surface area contributed by atoms with Crippen LogP contribution in [0.25, 0.3) is 0 Å². The smallest absolute Gasteiger partial charge is 0.371 e. The monoisotopic (exact) mass is 393 g/mol. The van der Waals surface area contributed by atoms with Crippen LogP contribution in [0.3, 0.4) is 0 Å². The van der Waals surface area contributed by atoms with E-state index in [9.17, 15) is 13.2 Å². The Morgan fingerprint density at radius 3 is 2.72 bits per heavy atom. The van der Waals surface area contributed by atoms with Crippen LogP contribution in [0.15, 0.2) is 24.4 Å². The van der Waals surface area contributed by atoms with Gasteiger partial charge in [-0.2, -0.15) is 18.3 Å². The molecule has 0 spiro atoms. The highest BCUT2D eigenvalue weighted by atomic mass is 35.5. The van der Waals surface area contributed by atoms with Gasteiger partial charge in [-0.15, -0.1) is 0 Å². The second-order valence-electron chi connectivity index (χ2n) is 5.91. The number of benzene rings is 1. The van der Waals surface area contributed by atoms with Crippen LogP contribution in [-0.2, 0) is 24.5 Å². The molecule has 0 saturated carbocycles. The van der Waals surface area contributed by atoms with Gasteiger partial charge in [0.2, 0.25) is 0 Å². The summed E-state index contributed by atoms with van der Waals surface area (Å²) in [6.07, 6.45) is -3.43. The van der Waals surface area contributed by atoms with Gasteiger partial charge in [0, 0.05) is 32.2 Å². The summed E-state index contributed by atoms with van der Waals surface area (Å²) in [7, 11) is 1.30. The van der Waals surface area contributed by atoms with E-state index in [0.717, 1.165) is 10.2 Å². The minimum Gasteiger partial charge on any atom is -0.371 e. The summed E-state index contributed by atoms with van der Waals surface area (Å²) in [4.78, 5) is 1.92. The fraction of sp³-hybridized carbons (Fsp3) is 0.438. The molecule has 1 atom stereocenters. The molecule has 3 rings (SSSR count). The maximum absolute atomic E-state index is 13.2. The van der Waals surface area contributed by atoms with Crippen molar-refractivity contribution in [3.05, 3.63) is 51.3 Å². The number of hydrogen-bond donors (Lipinski definition) is 0. The highest BCUT2D eigenvalue weighted by Crippen LogP contribution is 2.33. The van der Waals surface area contributed by atoms with Crippen molar-refractivity contribution in [2.24, 2.45) is 7.05 Å². The van der Waals surface area contributed by atoms with Crippen LogP contribution in [0, 0.1) is 0 Å². The number of nitrogens with zero attached hydrogens (tertiary/aromatic N) is 3. The van der Waals surface area contributed by atoms with E-state index in [2.05, 4.69) is 5.10 Å². The molecule has 136 valence electrons. The average Bonchev–Trinajstić information content (AvgIpc) is 2.91. The number of halogens is 5. The zero-order chi connectivity index (χ0) is 18.2. The topological polar surface area (TPSA) is 30.3 Å². The van der Waals surface area contributed by atoms with Gasteiger partial charge in [0.15, 0.2) is 0 Å². The SMILES string of the molecule is Cn1ncc(CN2CCOC(c3ccc(Cl)c(Cl)c3)C2)c1C(F)(F)F. The van der Waals surface area contributed by atoms with Gasteiger partial charge >= 0.3 is 6.18 Å². The Hall–Kier alpha value is -1.28. The lowest BCUT2D eigenvalue weighted by molar-refractivity contribution is -0.144. The summed E-state index contributed by atoms with van der Waals surface area (Å²) in [5.41, 5.74) is 0.288. The van der Waals surface area contributed by atoms with E-state index in [0.29, 0.717) is 29.7 Å². The Bertz CT molecular complexity index is 764. The van der Waals surface area contributed by atoms with Crippen molar-refractivity contribution in [2.75, 3.05) is 19.7 Å². The van der Waals surface area contributed by atoms with E-state index in [1.165, 1.54) is 13.2 Å². The average molecular weight is 394 g/mol. The number of ether oxygens (including phenoxy) is 1. The largest absolute Gasteiger partial charge is 0.433 e.